The normalized spacial score (nSPS) is 10.7. The predicted molar refractivity (Wildman–Crippen MR) is 114 cm³/mol. The first-order chi connectivity index (χ1) is 15.0. The van der Waals surface area contributed by atoms with Crippen molar-refractivity contribution in [1.82, 2.24) is 19.6 Å². The average Bonchev–Trinajstić information content (AvgIpc) is 3.27. The van der Waals surface area contributed by atoms with E-state index in [-0.39, 0.29) is 30.2 Å². The zero-order valence-corrected chi connectivity index (χ0v) is 16.7. The summed E-state index contributed by atoms with van der Waals surface area (Å²) >= 11 is 0. The Labute approximate surface area is 176 Å². The third-order valence-corrected chi connectivity index (χ3v) is 4.54. The van der Waals surface area contributed by atoms with E-state index in [0.29, 0.717) is 16.6 Å². The Morgan fingerprint density at radius 3 is 2.61 bits per heavy atom. The minimum Gasteiger partial charge on any atom is -0.461 e. The Hall–Kier alpha value is -4.27. The lowest BCUT2D eigenvalue weighted by Gasteiger charge is -2.10. The van der Waals surface area contributed by atoms with Gasteiger partial charge in [-0.2, -0.15) is 10.2 Å². The monoisotopic (exact) mass is 417 g/mol. The van der Waals surface area contributed by atoms with Crippen LogP contribution >= 0.6 is 0 Å². The second-order valence-corrected chi connectivity index (χ2v) is 6.64. The number of ether oxygens (including phenoxy) is 1. The third-order valence-electron chi connectivity index (χ3n) is 4.54. The maximum absolute atomic E-state index is 12.5. The van der Waals surface area contributed by atoms with Crippen LogP contribution in [0.5, 0.6) is 0 Å². The highest BCUT2D eigenvalue weighted by Crippen LogP contribution is 2.14. The van der Waals surface area contributed by atoms with E-state index in [0.717, 1.165) is 5.69 Å². The molecule has 0 fully saturated rings. The summed E-state index contributed by atoms with van der Waals surface area (Å²) < 4.78 is 7.97. The van der Waals surface area contributed by atoms with Gasteiger partial charge in [0.05, 0.1) is 24.0 Å². The Bertz CT molecular complexity index is 1310. The van der Waals surface area contributed by atoms with Crippen molar-refractivity contribution in [2.75, 3.05) is 11.9 Å². The summed E-state index contributed by atoms with van der Waals surface area (Å²) in [5.74, 6) is -0.758. The number of carbonyl (C=O) groups is 2. The Morgan fingerprint density at radius 2 is 1.84 bits per heavy atom. The van der Waals surface area contributed by atoms with E-state index in [2.05, 4.69) is 15.5 Å². The van der Waals surface area contributed by atoms with E-state index in [1.165, 1.54) is 10.9 Å². The highest BCUT2D eigenvalue weighted by Gasteiger charge is 2.12. The second kappa shape index (κ2) is 8.62. The molecule has 0 aliphatic rings. The number of amides is 1. The van der Waals surface area contributed by atoms with Gasteiger partial charge in [-0.1, -0.05) is 12.1 Å². The minimum absolute atomic E-state index is 0.0371. The highest BCUT2D eigenvalue weighted by atomic mass is 16.5. The van der Waals surface area contributed by atoms with E-state index >= 15 is 0 Å². The van der Waals surface area contributed by atoms with Gasteiger partial charge in [0.2, 0.25) is 11.3 Å². The van der Waals surface area contributed by atoms with Crippen LogP contribution in [0.3, 0.4) is 0 Å². The number of hydrogen-bond acceptors (Lipinski definition) is 6. The van der Waals surface area contributed by atoms with Gasteiger partial charge in [0.25, 0.3) is 0 Å². The maximum atomic E-state index is 12.5. The quantitative estimate of drug-likeness (QED) is 0.483. The number of aromatic nitrogens is 4. The molecule has 0 unspecified atom stereocenters. The lowest BCUT2D eigenvalue weighted by molar-refractivity contribution is -0.116. The summed E-state index contributed by atoms with van der Waals surface area (Å²) in [7, 11) is 0. The van der Waals surface area contributed by atoms with Gasteiger partial charge in [-0.3, -0.25) is 14.3 Å². The predicted octanol–water partition coefficient (Wildman–Crippen LogP) is 2.40. The fourth-order valence-corrected chi connectivity index (χ4v) is 3.10. The molecule has 1 N–H and O–H groups in total. The van der Waals surface area contributed by atoms with Gasteiger partial charge in [-0.25, -0.2) is 9.48 Å². The molecule has 4 rings (SSSR count). The Kier molecular flexibility index (Phi) is 5.57. The van der Waals surface area contributed by atoms with Crippen LogP contribution in [0.15, 0.2) is 71.8 Å². The molecule has 0 atom stereocenters. The van der Waals surface area contributed by atoms with Crippen LogP contribution in [0.4, 0.5) is 5.69 Å². The molecule has 2 aromatic carbocycles. The molecule has 0 spiro atoms. The van der Waals surface area contributed by atoms with Crippen LogP contribution in [0, 0.1) is 0 Å². The van der Waals surface area contributed by atoms with E-state index in [1.54, 1.807) is 72.4 Å². The molecule has 0 aliphatic heterocycles. The summed E-state index contributed by atoms with van der Waals surface area (Å²) in [6.45, 7) is 1.98. The number of fused-ring (bicyclic) bond motifs is 1. The number of benzene rings is 2. The largest absolute Gasteiger partial charge is 0.461 e. The van der Waals surface area contributed by atoms with Gasteiger partial charge in [0.1, 0.15) is 6.54 Å². The van der Waals surface area contributed by atoms with Gasteiger partial charge in [-0.15, -0.1) is 0 Å². The molecule has 0 radical (unpaired) electrons. The van der Waals surface area contributed by atoms with Crippen molar-refractivity contribution in [3.05, 3.63) is 82.9 Å². The molecule has 9 nitrogen and oxygen atoms in total. The van der Waals surface area contributed by atoms with Gasteiger partial charge in [-0.05, 0) is 49.4 Å². The summed E-state index contributed by atoms with van der Waals surface area (Å²) in [5, 5.41) is 11.6. The molecule has 156 valence electrons. The van der Waals surface area contributed by atoms with Gasteiger partial charge in [0, 0.05) is 17.3 Å². The van der Waals surface area contributed by atoms with E-state index in [1.807, 2.05) is 0 Å². The third kappa shape index (κ3) is 4.35. The first-order valence-electron chi connectivity index (χ1n) is 9.63. The van der Waals surface area contributed by atoms with E-state index in [4.69, 9.17) is 4.74 Å². The summed E-state index contributed by atoms with van der Waals surface area (Å²) in [6.07, 6.45) is 2.87. The number of para-hydroxylation sites is 1. The number of anilines is 1. The van der Waals surface area contributed by atoms with E-state index < -0.39 is 5.97 Å². The summed E-state index contributed by atoms with van der Waals surface area (Å²) in [4.78, 5) is 36.2. The standard InChI is InChI=1S/C22H19N5O4/c1-2-31-22(30)18-11-12-26(25-18)16-9-7-15(8-10-16)24-21(29)14-27-19-6-4-3-5-17(19)20(28)13-23-27/h3-13H,2,14H2,1H3,(H,24,29). The van der Waals surface area contributed by atoms with Crippen molar-refractivity contribution in [3.8, 4) is 5.69 Å². The van der Waals surface area contributed by atoms with Crippen LogP contribution in [0.1, 0.15) is 17.4 Å². The molecule has 0 bridgehead atoms. The lowest BCUT2D eigenvalue weighted by atomic mass is 10.2. The molecular formula is C22H19N5O4. The zero-order valence-electron chi connectivity index (χ0n) is 16.7. The Balaban J connectivity index is 1.45. The first-order valence-corrected chi connectivity index (χ1v) is 9.63. The number of nitrogens with zero attached hydrogens (tertiary/aromatic N) is 4. The van der Waals surface area contributed by atoms with Crippen LogP contribution < -0.4 is 10.7 Å². The van der Waals surface area contributed by atoms with Crippen molar-refractivity contribution in [3.63, 3.8) is 0 Å². The molecule has 9 heteroatoms. The number of rotatable bonds is 6. The van der Waals surface area contributed by atoms with Crippen molar-refractivity contribution in [1.29, 1.82) is 0 Å². The van der Waals surface area contributed by atoms with Crippen molar-refractivity contribution in [2.45, 2.75) is 13.5 Å². The molecule has 0 saturated carbocycles. The lowest BCUT2D eigenvalue weighted by Crippen LogP contribution is -2.22. The van der Waals surface area contributed by atoms with Gasteiger partial charge < -0.3 is 10.1 Å². The topological polar surface area (TPSA) is 108 Å². The molecule has 2 heterocycles. The first kappa shape index (κ1) is 20.0. The van der Waals surface area contributed by atoms with E-state index in [9.17, 15) is 14.4 Å². The molecular weight excluding hydrogens is 398 g/mol. The van der Waals surface area contributed by atoms with Crippen molar-refractivity contribution in [2.24, 2.45) is 0 Å². The molecule has 0 aliphatic carbocycles. The zero-order chi connectivity index (χ0) is 21.8. The smallest absolute Gasteiger partial charge is 0.358 e. The SMILES string of the molecule is CCOC(=O)c1ccn(-c2ccc(NC(=O)Cn3ncc(=O)c4ccccc43)cc2)n1. The maximum Gasteiger partial charge on any atom is 0.358 e. The number of nitrogens with one attached hydrogen (secondary N) is 1. The highest BCUT2D eigenvalue weighted by molar-refractivity contribution is 5.91. The van der Waals surface area contributed by atoms with Crippen molar-refractivity contribution < 1.29 is 14.3 Å². The molecule has 4 aromatic rings. The van der Waals surface area contributed by atoms with Crippen LogP contribution in [-0.2, 0) is 16.1 Å². The number of esters is 1. The summed E-state index contributed by atoms with van der Waals surface area (Å²) in [6, 6.07) is 15.6. The average molecular weight is 417 g/mol. The van der Waals surface area contributed by atoms with Gasteiger partial charge in [0.15, 0.2) is 5.69 Å². The number of hydrogen-bond donors (Lipinski definition) is 1. The fraction of sp³-hybridized carbons (Fsp3) is 0.136. The van der Waals surface area contributed by atoms with Gasteiger partial charge >= 0.3 is 5.97 Å². The molecule has 31 heavy (non-hydrogen) atoms. The molecule has 2 aromatic heterocycles. The molecule has 0 saturated heterocycles. The minimum atomic E-state index is -0.478. The molecule has 1 amide bonds. The van der Waals surface area contributed by atoms with Crippen LogP contribution in [0.25, 0.3) is 16.6 Å². The number of carbonyl (C=O) groups excluding carboxylic acids is 2. The second-order valence-electron chi connectivity index (χ2n) is 6.64. The Morgan fingerprint density at radius 1 is 1.06 bits per heavy atom. The van der Waals surface area contributed by atoms with Crippen molar-refractivity contribution >= 4 is 28.5 Å². The van der Waals surface area contributed by atoms with Crippen LogP contribution in [0.2, 0.25) is 0 Å². The van der Waals surface area contributed by atoms with Crippen LogP contribution in [-0.4, -0.2) is 38.0 Å². The fourth-order valence-electron chi connectivity index (χ4n) is 3.10. The summed E-state index contributed by atoms with van der Waals surface area (Å²) in [5.41, 5.74) is 1.95.